The number of piperazine rings is 1. The van der Waals surface area contributed by atoms with Crippen LogP contribution >= 0.6 is 22.6 Å². The Bertz CT molecular complexity index is 821. The molecule has 0 N–H and O–H groups in total. The number of carbonyl (C=O) groups is 2. The second-order valence-corrected chi connectivity index (χ2v) is 11.7. The smallest absolute Gasteiger partial charge is 0.227 e. The van der Waals surface area contributed by atoms with Crippen LogP contribution in [0.3, 0.4) is 0 Å². The van der Waals surface area contributed by atoms with Gasteiger partial charge >= 0.3 is 0 Å². The Kier molecular flexibility index (Phi) is 6.41. The molecule has 1 aromatic carbocycles. The molecule has 1 aromatic rings. The minimum absolute atomic E-state index is 0.137. The van der Waals surface area contributed by atoms with Crippen molar-refractivity contribution in [2.24, 2.45) is 5.92 Å². The zero-order valence-corrected chi connectivity index (χ0v) is 20.5. The third-order valence-corrected chi connectivity index (χ3v) is 10.0. The van der Waals surface area contributed by atoms with Crippen LogP contribution < -0.4 is 0 Å². The number of amides is 1. The van der Waals surface area contributed by atoms with Crippen LogP contribution in [0.2, 0.25) is 0 Å². The number of rotatable bonds is 4. The van der Waals surface area contributed by atoms with Gasteiger partial charge in [-0.1, -0.05) is 59.7 Å². The minimum Gasteiger partial charge on any atom is -0.340 e. The predicted octanol–water partition coefficient (Wildman–Crippen LogP) is 3.28. The number of fused-ring (bicyclic) bond motifs is 1. The second kappa shape index (κ2) is 9.10. The first kappa shape index (κ1) is 21.8. The standard InChI is InChI=1S/C25H34IN3O2/c26-25(18-30)22(24(31)28-15-13-27(14-16-28)21-7-3-8-21)9-4-10-23(25)29-12-11-19-5-1-2-6-20(19)17-29/h1-2,5-6,18,21-23H,3-4,7-17H2. The van der Waals surface area contributed by atoms with Gasteiger partial charge in [0.05, 0.1) is 5.92 Å². The maximum atomic E-state index is 13.6. The molecular formula is C25H34IN3O2. The summed E-state index contributed by atoms with van der Waals surface area (Å²) in [6.07, 6.45) is 9.00. The molecule has 0 radical (unpaired) electrons. The molecule has 2 saturated carbocycles. The average molecular weight is 535 g/mol. The highest BCUT2D eigenvalue weighted by atomic mass is 127. The highest BCUT2D eigenvalue weighted by Gasteiger charge is 2.52. The van der Waals surface area contributed by atoms with Gasteiger partial charge in [-0.05, 0) is 43.2 Å². The van der Waals surface area contributed by atoms with Gasteiger partial charge in [0.25, 0.3) is 0 Å². The molecule has 31 heavy (non-hydrogen) atoms. The molecule has 168 valence electrons. The van der Waals surface area contributed by atoms with Crippen molar-refractivity contribution in [1.82, 2.24) is 14.7 Å². The summed E-state index contributed by atoms with van der Waals surface area (Å²) in [6.45, 7) is 5.48. The number of benzene rings is 1. The number of aldehydes is 1. The molecule has 0 bridgehead atoms. The largest absolute Gasteiger partial charge is 0.340 e. The molecule has 3 fully saturated rings. The predicted molar refractivity (Wildman–Crippen MR) is 130 cm³/mol. The van der Waals surface area contributed by atoms with E-state index in [0.29, 0.717) is 0 Å². The summed E-state index contributed by atoms with van der Waals surface area (Å²) in [4.78, 5) is 33.3. The molecule has 3 atom stereocenters. The Balaban J connectivity index is 1.29. The molecule has 3 unspecified atom stereocenters. The van der Waals surface area contributed by atoms with E-state index in [0.717, 1.165) is 77.3 Å². The molecule has 5 nitrogen and oxygen atoms in total. The summed E-state index contributed by atoms with van der Waals surface area (Å²) in [5.74, 6) is 0.0219. The van der Waals surface area contributed by atoms with Crippen molar-refractivity contribution in [3.8, 4) is 0 Å². The van der Waals surface area contributed by atoms with E-state index in [4.69, 9.17) is 0 Å². The number of alkyl halides is 1. The second-order valence-electron chi connectivity index (χ2n) is 9.88. The first-order valence-corrected chi connectivity index (χ1v) is 13.2. The van der Waals surface area contributed by atoms with Crippen LogP contribution in [-0.2, 0) is 22.6 Å². The summed E-state index contributed by atoms with van der Waals surface area (Å²) >= 11 is 2.35. The molecule has 0 spiro atoms. The van der Waals surface area contributed by atoms with Crippen molar-refractivity contribution in [3.63, 3.8) is 0 Å². The Hall–Kier alpha value is -0.990. The molecule has 5 rings (SSSR count). The van der Waals surface area contributed by atoms with Crippen molar-refractivity contribution in [2.45, 2.75) is 67.0 Å². The van der Waals surface area contributed by atoms with Crippen LogP contribution in [-0.4, -0.2) is 75.1 Å². The third-order valence-electron chi connectivity index (χ3n) is 8.31. The number of halogens is 1. The lowest BCUT2D eigenvalue weighted by molar-refractivity contribution is -0.142. The molecule has 4 aliphatic rings. The van der Waals surface area contributed by atoms with Gasteiger partial charge in [-0.2, -0.15) is 0 Å². The van der Waals surface area contributed by atoms with Crippen LogP contribution in [0.25, 0.3) is 0 Å². The van der Waals surface area contributed by atoms with Crippen molar-refractivity contribution in [1.29, 1.82) is 0 Å². The molecule has 1 saturated heterocycles. The average Bonchev–Trinajstić information content (AvgIpc) is 2.78. The van der Waals surface area contributed by atoms with Crippen LogP contribution in [0.15, 0.2) is 24.3 Å². The Morgan fingerprint density at radius 1 is 0.935 bits per heavy atom. The van der Waals surface area contributed by atoms with Crippen LogP contribution in [0.4, 0.5) is 0 Å². The lowest BCUT2D eigenvalue weighted by Gasteiger charge is -2.49. The zero-order valence-electron chi connectivity index (χ0n) is 18.3. The highest BCUT2D eigenvalue weighted by molar-refractivity contribution is 14.1. The van der Waals surface area contributed by atoms with Crippen LogP contribution in [0, 0.1) is 5.92 Å². The maximum absolute atomic E-state index is 13.6. The zero-order chi connectivity index (χ0) is 21.4. The summed E-state index contributed by atoms with van der Waals surface area (Å²) < 4.78 is -0.634. The first-order chi connectivity index (χ1) is 15.1. The third kappa shape index (κ3) is 4.08. The van der Waals surface area contributed by atoms with Crippen molar-refractivity contribution in [3.05, 3.63) is 35.4 Å². The van der Waals surface area contributed by atoms with Crippen molar-refractivity contribution < 1.29 is 9.59 Å². The topological polar surface area (TPSA) is 43.9 Å². The van der Waals surface area contributed by atoms with Gasteiger partial charge in [-0.3, -0.25) is 14.6 Å². The molecular weight excluding hydrogens is 501 g/mol. The summed E-state index contributed by atoms with van der Waals surface area (Å²) in [7, 11) is 0. The van der Waals surface area contributed by atoms with Gasteiger partial charge < -0.3 is 9.69 Å². The SMILES string of the molecule is O=CC1(I)C(C(=O)N2CCN(C3CCC3)CC2)CCCC1N1CCc2ccccc2C1. The van der Waals surface area contributed by atoms with E-state index in [1.165, 1.54) is 30.4 Å². The van der Waals surface area contributed by atoms with Crippen LogP contribution in [0.1, 0.15) is 49.7 Å². The van der Waals surface area contributed by atoms with E-state index in [2.05, 4.69) is 61.6 Å². The van der Waals surface area contributed by atoms with E-state index >= 15 is 0 Å². The highest BCUT2D eigenvalue weighted by Crippen LogP contribution is 2.44. The molecule has 0 aromatic heterocycles. The van der Waals surface area contributed by atoms with Gasteiger partial charge in [-0.15, -0.1) is 0 Å². The van der Waals surface area contributed by atoms with Crippen molar-refractivity contribution >= 4 is 34.8 Å². The molecule has 2 aliphatic carbocycles. The Morgan fingerprint density at radius 3 is 2.32 bits per heavy atom. The molecule has 6 heteroatoms. The van der Waals surface area contributed by atoms with Gasteiger partial charge in [0.15, 0.2) is 0 Å². The van der Waals surface area contributed by atoms with Gasteiger partial charge in [0, 0.05) is 51.4 Å². The number of hydrogen-bond acceptors (Lipinski definition) is 4. The van der Waals surface area contributed by atoms with E-state index in [9.17, 15) is 9.59 Å². The summed E-state index contributed by atoms with van der Waals surface area (Å²) in [5.41, 5.74) is 2.80. The van der Waals surface area contributed by atoms with Gasteiger partial charge in [0.1, 0.15) is 9.71 Å². The van der Waals surface area contributed by atoms with Crippen LogP contribution in [0.5, 0.6) is 0 Å². The summed E-state index contributed by atoms with van der Waals surface area (Å²) in [6, 6.07) is 9.54. The lowest BCUT2D eigenvalue weighted by Crippen LogP contribution is -2.62. The normalized spacial score (nSPS) is 32.9. The number of hydrogen-bond donors (Lipinski definition) is 0. The van der Waals surface area contributed by atoms with E-state index in [1.54, 1.807) is 0 Å². The fraction of sp³-hybridized carbons (Fsp3) is 0.680. The van der Waals surface area contributed by atoms with Gasteiger partial charge in [0.2, 0.25) is 5.91 Å². The van der Waals surface area contributed by atoms with E-state index in [1.807, 2.05) is 0 Å². The molecule has 1 amide bonds. The molecule has 2 heterocycles. The van der Waals surface area contributed by atoms with E-state index < -0.39 is 3.42 Å². The quantitative estimate of drug-likeness (QED) is 0.338. The van der Waals surface area contributed by atoms with Gasteiger partial charge in [-0.25, -0.2) is 0 Å². The maximum Gasteiger partial charge on any atom is 0.227 e. The van der Waals surface area contributed by atoms with E-state index in [-0.39, 0.29) is 17.9 Å². The Morgan fingerprint density at radius 2 is 1.65 bits per heavy atom. The fourth-order valence-electron chi connectivity index (χ4n) is 6.19. The van der Waals surface area contributed by atoms with Crippen molar-refractivity contribution in [2.75, 3.05) is 32.7 Å². The first-order valence-electron chi connectivity index (χ1n) is 12.1. The fourth-order valence-corrected chi connectivity index (χ4v) is 7.47. The summed E-state index contributed by atoms with van der Waals surface area (Å²) in [5, 5.41) is 0. The number of carbonyl (C=O) groups excluding carboxylic acids is 2. The lowest BCUT2D eigenvalue weighted by atomic mass is 9.74. The molecule has 2 aliphatic heterocycles. The number of nitrogens with zero attached hydrogens (tertiary/aromatic N) is 3. The Labute approximate surface area is 199 Å². The monoisotopic (exact) mass is 535 g/mol. The minimum atomic E-state index is -0.634.